The highest BCUT2D eigenvalue weighted by Gasteiger charge is 2.42. The summed E-state index contributed by atoms with van der Waals surface area (Å²) in [4.78, 5) is 14.1. The molecule has 1 aliphatic heterocycles. The number of hydrogen-bond acceptors (Lipinski definition) is 7. The molecule has 0 amide bonds. The maximum Gasteiger partial charge on any atom is 0.491 e. The minimum absolute atomic E-state index is 0.0571. The number of nitriles is 1. The molecule has 0 bridgehead atoms. The zero-order valence-electron chi connectivity index (χ0n) is 13.6. The van der Waals surface area contributed by atoms with Crippen LogP contribution in [0.2, 0.25) is 0 Å². The van der Waals surface area contributed by atoms with Crippen LogP contribution >= 0.6 is 0 Å². The van der Waals surface area contributed by atoms with E-state index in [-0.39, 0.29) is 17.4 Å². The molecule has 1 fully saturated rings. The SMILES string of the molecule is N#CC1=C(N)OC(C2CC2)=C(n2cnc([N+](=O)[O-])n2)[C@@H]1c1ccccc1. The summed E-state index contributed by atoms with van der Waals surface area (Å²) in [5.74, 6) is -0.248. The lowest BCUT2D eigenvalue weighted by atomic mass is 9.86. The van der Waals surface area contributed by atoms with Gasteiger partial charge < -0.3 is 20.6 Å². The summed E-state index contributed by atoms with van der Waals surface area (Å²) in [5, 5.41) is 24.6. The summed E-state index contributed by atoms with van der Waals surface area (Å²) in [6, 6.07) is 11.4. The first-order valence-electron chi connectivity index (χ1n) is 8.03. The number of nitrogens with zero attached hydrogens (tertiary/aromatic N) is 5. The third-order valence-corrected chi connectivity index (χ3v) is 4.39. The summed E-state index contributed by atoms with van der Waals surface area (Å²) in [6.45, 7) is 0. The van der Waals surface area contributed by atoms with Crippen LogP contribution in [0.5, 0.6) is 0 Å². The van der Waals surface area contributed by atoms with Gasteiger partial charge in [0.05, 0.1) is 5.92 Å². The smallest absolute Gasteiger partial charge is 0.443 e. The molecule has 0 unspecified atom stereocenters. The second-order valence-electron chi connectivity index (χ2n) is 6.11. The maximum atomic E-state index is 11.0. The van der Waals surface area contributed by atoms with Crippen molar-refractivity contribution in [1.82, 2.24) is 14.8 Å². The molecule has 1 aliphatic carbocycles. The second kappa shape index (κ2) is 6.00. The van der Waals surface area contributed by atoms with Crippen LogP contribution in [-0.4, -0.2) is 19.7 Å². The number of hydrogen-bond donors (Lipinski definition) is 1. The lowest BCUT2D eigenvalue weighted by Gasteiger charge is -2.27. The highest BCUT2D eigenvalue weighted by atomic mass is 16.6. The van der Waals surface area contributed by atoms with Gasteiger partial charge in [0.15, 0.2) is 0 Å². The molecular weight excluding hydrogens is 336 g/mol. The van der Waals surface area contributed by atoms with Gasteiger partial charge in [-0.05, 0) is 23.3 Å². The molecule has 130 valence electrons. The van der Waals surface area contributed by atoms with Gasteiger partial charge in [0.2, 0.25) is 12.2 Å². The second-order valence-corrected chi connectivity index (χ2v) is 6.11. The molecule has 1 aromatic carbocycles. The quantitative estimate of drug-likeness (QED) is 0.660. The molecule has 0 saturated heterocycles. The summed E-state index contributed by atoms with van der Waals surface area (Å²) < 4.78 is 7.08. The number of nitro groups is 1. The third-order valence-electron chi connectivity index (χ3n) is 4.39. The average molecular weight is 350 g/mol. The van der Waals surface area contributed by atoms with Crippen molar-refractivity contribution in [3.05, 3.63) is 69.6 Å². The molecule has 2 heterocycles. The molecule has 2 aliphatic rings. The Bertz CT molecular complexity index is 981. The van der Waals surface area contributed by atoms with Crippen molar-refractivity contribution in [1.29, 1.82) is 5.26 Å². The van der Waals surface area contributed by atoms with Gasteiger partial charge in [-0.3, -0.25) is 0 Å². The van der Waals surface area contributed by atoms with Gasteiger partial charge in [-0.25, -0.2) is 0 Å². The Balaban J connectivity index is 1.93. The number of ether oxygens (including phenoxy) is 1. The lowest BCUT2D eigenvalue weighted by Crippen LogP contribution is -2.24. The molecule has 0 radical (unpaired) electrons. The Morgan fingerprint density at radius 2 is 2.08 bits per heavy atom. The van der Waals surface area contributed by atoms with Crippen LogP contribution in [0.1, 0.15) is 24.3 Å². The van der Waals surface area contributed by atoms with E-state index in [2.05, 4.69) is 16.2 Å². The van der Waals surface area contributed by atoms with Gasteiger partial charge >= 0.3 is 5.95 Å². The monoisotopic (exact) mass is 350 g/mol. The number of benzene rings is 1. The molecule has 0 spiro atoms. The highest BCUT2D eigenvalue weighted by molar-refractivity contribution is 5.67. The average Bonchev–Trinajstić information content (AvgIpc) is 3.38. The molecule has 9 nitrogen and oxygen atoms in total. The largest absolute Gasteiger partial charge is 0.491 e. The molecule has 9 heteroatoms. The van der Waals surface area contributed by atoms with Crippen molar-refractivity contribution in [3.63, 3.8) is 0 Å². The van der Waals surface area contributed by atoms with Gasteiger partial charge in [-0.1, -0.05) is 35.3 Å². The number of allylic oxidation sites excluding steroid dienone is 3. The topological polar surface area (TPSA) is 133 Å². The summed E-state index contributed by atoms with van der Waals surface area (Å²) in [7, 11) is 0. The normalized spacial score (nSPS) is 19.9. The van der Waals surface area contributed by atoms with Crippen LogP contribution in [-0.2, 0) is 4.74 Å². The van der Waals surface area contributed by atoms with Crippen LogP contribution in [0.4, 0.5) is 5.95 Å². The fourth-order valence-corrected chi connectivity index (χ4v) is 3.07. The fraction of sp³-hybridized carbons (Fsp3) is 0.235. The first-order valence-corrected chi connectivity index (χ1v) is 8.03. The van der Waals surface area contributed by atoms with E-state index >= 15 is 0 Å². The van der Waals surface area contributed by atoms with Crippen molar-refractivity contribution >= 4 is 11.6 Å². The van der Waals surface area contributed by atoms with E-state index in [4.69, 9.17) is 10.5 Å². The van der Waals surface area contributed by atoms with Crippen molar-refractivity contribution < 1.29 is 9.66 Å². The number of aromatic nitrogens is 3. The first kappa shape index (κ1) is 15.8. The van der Waals surface area contributed by atoms with E-state index in [1.165, 1.54) is 11.0 Å². The summed E-state index contributed by atoms with van der Waals surface area (Å²) >= 11 is 0. The van der Waals surface area contributed by atoms with Gasteiger partial charge in [-0.2, -0.15) is 5.26 Å². The van der Waals surface area contributed by atoms with Crippen molar-refractivity contribution in [2.45, 2.75) is 18.8 Å². The molecule has 1 saturated carbocycles. The summed E-state index contributed by atoms with van der Waals surface area (Å²) in [5.41, 5.74) is 7.63. The molecule has 26 heavy (non-hydrogen) atoms. The maximum absolute atomic E-state index is 11.0. The van der Waals surface area contributed by atoms with Crippen molar-refractivity contribution in [2.75, 3.05) is 0 Å². The molecule has 2 aromatic rings. The summed E-state index contributed by atoms with van der Waals surface area (Å²) in [6.07, 6.45) is 3.12. The van der Waals surface area contributed by atoms with E-state index in [1.54, 1.807) is 0 Å². The standard InChI is InChI=1S/C17H14N6O3/c18-8-12-13(10-4-2-1-3-5-10)14(15(11-6-7-11)26-16(12)19)22-9-20-17(21-22)23(24)25/h1-5,9,11,13H,6-7,19H2/t13-/m1/s1. The van der Waals surface area contributed by atoms with E-state index in [0.29, 0.717) is 11.5 Å². The number of nitrogens with two attached hydrogens (primary N) is 1. The fourth-order valence-electron chi connectivity index (χ4n) is 3.07. The van der Waals surface area contributed by atoms with E-state index in [0.717, 1.165) is 18.4 Å². The van der Waals surface area contributed by atoms with Gasteiger partial charge in [0.25, 0.3) is 0 Å². The van der Waals surface area contributed by atoms with E-state index in [9.17, 15) is 15.4 Å². The highest BCUT2D eigenvalue weighted by Crippen LogP contribution is 2.48. The van der Waals surface area contributed by atoms with Crippen LogP contribution < -0.4 is 5.73 Å². The molecule has 1 atom stereocenters. The Morgan fingerprint density at radius 3 is 2.65 bits per heavy atom. The predicted octanol–water partition coefficient (Wildman–Crippen LogP) is 2.27. The third kappa shape index (κ3) is 2.57. The predicted molar refractivity (Wildman–Crippen MR) is 89.7 cm³/mol. The van der Waals surface area contributed by atoms with Crippen molar-refractivity contribution in [2.24, 2.45) is 11.7 Å². The van der Waals surface area contributed by atoms with Crippen LogP contribution in [0, 0.1) is 27.4 Å². The van der Waals surface area contributed by atoms with E-state index in [1.807, 2.05) is 30.3 Å². The van der Waals surface area contributed by atoms with Crippen LogP contribution in [0.15, 0.2) is 53.9 Å². The Morgan fingerprint density at radius 1 is 1.35 bits per heavy atom. The minimum Gasteiger partial charge on any atom is -0.443 e. The molecule has 2 N–H and O–H groups in total. The number of rotatable bonds is 4. The van der Waals surface area contributed by atoms with Crippen molar-refractivity contribution in [3.8, 4) is 6.07 Å². The molecular formula is C17H14N6O3. The van der Waals surface area contributed by atoms with Gasteiger partial charge in [0.1, 0.15) is 23.1 Å². The minimum atomic E-state index is -0.662. The Kier molecular flexibility index (Phi) is 3.65. The van der Waals surface area contributed by atoms with Gasteiger partial charge in [-0.15, -0.1) is 4.68 Å². The Labute approximate surface area is 148 Å². The molecule has 1 aromatic heterocycles. The zero-order valence-corrected chi connectivity index (χ0v) is 13.6. The van der Waals surface area contributed by atoms with Crippen LogP contribution in [0.3, 0.4) is 0 Å². The first-order chi connectivity index (χ1) is 12.6. The van der Waals surface area contributed by atoms with Gasteiger partial charge in [0, 0.05) is 11.0 Å². The lowest BCUT2D eigenvalue weighted by molar-refractivity contribution is -0.394. The zero-order chi connectivity index (χ0) is 18.3. The van der Waals surface area contributed by atoms with E-state index < -0.39 is 16.8 Å². The molecule has 4 rings (SSSR count). The van der Waals surface area contributed by atoms with Crippen LogP contribution in [0.25, 0.3) is 5.70 Å². The Hall–Kier alpha value is -3.67.